The summed E-state index contributed by atoms with van der Waals surface area (Å²) in [4.78, 5) is 7.29. The molecule has 1 aliphatic heterocycles. The van der Waals surface area contributed by atoms with Crippen LogP contribution in [0.25, 0.3) is 11.4 Å². The Morgan fingerprint density at radius 1 is 1.36 bits per heavy atom. The predicted octanol–water partition coefficient (Wildman–Crippen LogP) is 3.37. The van der Waals surface area contributed by atoms with E-state index in [4.69, 9.17) is 12.2 Å². The third kappa shape index (κ3) is 1.68. The van der Waals surface area contributed by atoms with Crippen LogP contribution in [-0.2, 0) is 0 Å². The van der Waals surface area contributed by atoms with Gasteiger partial charge in [0.05, 0.1) is 11.4 Å². The van der Waals surface area contributed by atoms with Crippen molar-refractivity contribution in [3.63, 3.8) is 0 Å². The van der Waals surface area contributed by atoms with Crippen molar-refractivity contribution in [2.75, 3.05) is 0 Å². The summed E-state index contributed by atoms with van der Waals surface area (Å²) >= 11 is 4.99. The quantitative estimate of drug-likeness (QED) is 0.721. The first-order chi connectivity index (χ1) is 6.66. The molecule has 1 N–H and O–H groups in total. The van der Waals surface area contributed by atoms with Gasteiger partial charge in [0, 0.05) is 0 Å². The Labute approximate surface area is 88.4 Å². The molecular weight excluding hydrogens is 192 g/mol. The number of imidazole rings is 1. The first kappa shape index (κ1) is 9.34. The van der Waals surface area contributed by atoms with Crippen molar-refractivity contribution in [2.45, 2.75) is 19.8 Å². The van der Waals surface area contributed by atoms with Gasteiger partial charge in [-0.15, -0.1) is 0 Å². The van der Waals surface area contributed by atoms with Gasteiger partial charge in [0.15, 0.2) is 4.77 Å². The molecule has 0 saturated heterocycles. The lowest BCUT2D eigenvalue weighted by Crippen LogP contribution is -1.83. The zero-order valence-corrected chi connectivity index (χ0v) is 9.06. The molecule has 0 fully saturated rings. The maximum Gasteiger partial charge on any atom is 0.197 e. The maximum absolute atomic E-state index is 4.99. The molecule has 14 heavy (non-hydrogen) atoms. The van der Waals surface area contributed by atoms with Gasteiger partial charge >= 0.3 is 0 Å². The number of H-pyrrole nitrogens is 1. The second-order valence-electron chi connectivity index (χ2n) is 3.67. The number of aromatic nitrogens is 2. The van der Waals surface area contributed by atoms with Gasteiger partial charge in [0.1, 0.15) is 0 Å². The minimum atomic E-state index is 0.516. The molecule has 0 aromatic carbocycles. The predicted molar refractivity (Wildman–Crippen MR) is 60.1 cm³/mol. The van der Waals surface area contributed by atoms with Gasteiger partial charge in [-0.3, -0.25) is 0 Å². The lowest BCUT2D eigenvalue weighted by atomic mass is 10.1. The van der Waals surface area contributed by atoms with Crippen LogP contribution >= 0.6 is 12.2 Å². The zero-order valence-electron chi connectivity index (χ0n) is 8.24. The van der Waals surface area contributed by atoms with E-state index in [1.807, 2.05) is 12.1 Å². The van der Waals surface area contributed by atoms with E-state index in [1.165, 1.54) is 5.56 Å². The standard InChI is InChI=1S/C11H12N2S/c1-7(2)8-4-3-5-9-10(6-8)13-11(14)12-9/h3-7H,1-2H3,(H,12,13,14). The maximum atomic E-state index is 4.99. The molecule has 1 heterocycles. The van der Waals surface area contributed by atoms with Gasteiger partial charge in [0.2, 0.25) is 0 Å². The second-order valence-corrected chi connectivity index (χ2v) is 4.05. The Balaban J connectivity index is 2.66. The number of fused-ring (bicyclic) bond motifs is 1. The fraction of sp³-hybridized carbons (Fsp3) is 0.273. The van der Waals surface area contributed by atoms with Crippen molar-refractivity contribution in [1.82, 2.24) is 9.97 Å². The smallest absolute Gasteiger partial charge is 0.197 e. The lowest BCUT2D eigenvalue weighted by Gasteiger charge is -2.00. The molecule has 0 amide bonds. The van der Waals surface area contributed by atoms with Gasteiger partial charge in [-0.25, -0.2) is 4.98 Å². The van der Waals surface area contributed by atoms with Gasteiger partial charge < -0.3 is 4.98 Å². The fourth-order valence-corrected chi connectivity index (χ4v) is 1.65. The average Bonchev–Trinajstić information content (AvgIpc) is 2.32. The molecule has 0 bridgehead atoms. The van der Waals surface area contributed by atoms with Crippen LogP contribution in [-0.4, -0.2) is 9.97 Å². The average molecular weight is 204 g/mol. The molecule has 0 aromatic heterocycles. The summed E-state index contributed by atoms with van der Waals surface area (Å²) < 4.78 is 0.556. The van der Waals surface area contributed by atoms with Crippen LogP contribution in [0, 0.1) is 4.77 Å². The van der Waals surface area contributed by atoms with Gasteiger partial charge in [-0.2, -0.15) is 0 Å². The molecule has 2 rings (SSSR count). The first-order valence-electron chi connectivity index (χ1n) is 4.67. The van der Waals surface area contributed by atoms with Gasteiger partial charge in [-0.1, -0.05) is 26.0 Å². The Kier molecular flexibility index (Phi) is 2.33. The Hall–Kier alpha value is -1.22. The summed E-state index contributed by atoms with van der Waals surface area (Å²) in [5.41, 5.74) is 3.24. The van der Waals surface area contributed by atoms with E-state index in [1.54, 1.807) is 0 Å². The highest BCUT2D eigenvalue weighted by molar-refractivity contribution is 7.71. The Bertz CT molecular complexity index is 473. The van der Waals surface area contributed by atoms with Crippen molar-refractivity contribution < 1.29 is 0 Å². The summed E-state index contributed by atoms with van der Waals surface area (Å²) in [5, 5.41) is 0. The van der Waals surface area contributed by atoms with Gasteiger partial charge in [-0.05, 0) is 35.8 Å². The third-order valence-electron chi connectivity index (χ3n) is 2.26. The summed E-state index contributed by atoms with van der Waals surface area (Å²) in [6.45, 7) is 4.35. The molecule has 0 saturated carbocycles. The Morgan fingerprint density at radius 3 is 2.86 bits per heavy atom. The van der Waals surface area contributed by atoms with E-state index in [0.29, 0.717) is 10.7 Å². The highest BCUT2D eigenvalue weighted by atomic mass is 32.1. The molecular formula is C11H12N2S. The van der Waals surface area contributed by atoms with E-state index in [-0.39, 0.29) is 0 Å². The van der Waals surface area contributed by atoms with Crippen molar-refractivity contribution in [2.24, 2.45) is 0 Å². The minimum Gasteiger partial charge on any atom is -0.329 e. The third-order valence-corrected chi connectivity index (χ3v) is 2.45. The van der Waals surface area contributed by atoms with Crippen LogP contribution in [0.3, 0.4) is 0 Å². The number of hydrogen-bond donors (Lipinski definition) is 1. The van der Waals surface area contributed by atoms with Crippen molar-refractivity contribution in [3.05, 3.63) is 34.6 Å². The van der Waals surface area contributed by atoms with Crippen LogP contribution in [0.1, 0.15) is 25.3 Å². The van der Waals surface area contributed by atoms with E-state index in [0.717, 1.165) is 11.4 Å². The Morgan fingerprint density at radius 2 is 2.14 bits per heavy atom. The summed E-state index contributed by atoms with van der Waals surface area (Å²) in [6.07, 6.45) is 0. The van der Waals surface area contributed by atoms with Crippen molar-refractivity contribution in [3.8, 4) is 11.4 Å². The fourth-order valence-electron chi connectivity index (χ4n) is 1.44. The summed E-state index contributed by atoms with van der Waals surface area (Å²) in [5.74, 6) is 0.516. The van der Waals surface area contributed by atoms with Crippen LogP contribution in [0.5, 0.6) is 0 Å². The molecule has 3 heteroatoms. The summed E-state index contributed by atoms with van der Waals surface area (Å²) in [7, 11) is 0. The van der Waals surface area contributed by atoms with Crippen LogP contribution in [0.4, 0.5) is 0 Å². The largest absolute Gasteiger partial charge is 0.329 e. The van der Waals surface area contributed by atoms with Crippen LogP contribution < -0.4 is 0 Å². The van der Waals surface area contributed by atoms with E-state index < -0.39 is 0 Å². The summed E-state index contributed by atoms with van der Waals surface area (Å²) in [6, 6.07) is 8.23. The van der Waals surface area contributed by atoms with E-state index in [9.17, 15) is 0 Å². The highest BCUT2D eigenvalue weighted by Gasteiger charge is 2.05. The molecule has 72 valence electrons. The number of aromatic amines is 1. The van der Waals surface area contributed by atoms with Crippen molar-refractivity contribution in [1.29, 1.82) is 0 Å². The van der Waals surface area contributed by atoms with Gasteiger partial charge in [0.25, 0.3) is 0 Å². The van der Waals surface area contributed by atoms with Crippen LogP contribution in [0.15, 0.2) is 24.3 Å². The molecule has 0 aromatic rings. The molecule has 2 nitrogen and oxygen atoms in total. The molecule has 0 radical (unpaired) electrons. The lowest BCUT2D eigenvalue weighted by molar-refractivity contribution is 0.868. The topological polar surface area (TPSA) is 28.7 Å². The monoisotopic (exact) mass is 204 g/mol. The molecule has 0 unspecified atom stereocenters. The SMILES string of the molecule is CC(C)c1cccc2nc(=S)[nH]c-2c1. The molecule has 2 aliphatic rings. The van der Waals surface area contributed by atoms with Crippen LogP contribution in [0.2, 0.25) is 0 Å². The molecule has 0 atom stereocenters. The number of rotatable bonds is 1. The number of hydrogen-bond acceptors (Lipinski definition) is 2. The number of nitrogens with zero attached hydrogens (tertiary/aromatic N) is 1. The zero-order chi connectivity index (χ0) is 10.1. The molecule has 1 aliphatic carbocycles. The van der Waals surface area contributed by atoms with E-state index >= 15 is 0 Å². The highest BCUT2D eigenvalue weighted by Crippen LogP contribution is 2.21. The minimum absolute atomic E-state index is 0.516. The second kappa shape index (κ2) is 3.50. The molecule has 0 spiro atoms. The first-order valence-corrected chi connectivity index (χ1v) is 5.07. The number of nitrogens with one attached hydrogen (secondary N) is 1. The van der Waals surface area contributed by atoms with Crippen molar-refractivity contribution >= 4 is 12.2 Å². The normalized spacial score (nSPS) is 11.1. The van der Waals surface area contributed by atoms with E-state index in [2.05, 4.69) is 35.9 Å².